The Morgan fingerprint density at radius 3 is 2.41 bits per heavy atom. The predicted octanol–water partition coefficient (Wildman–Crippen LogP) is 3.90. The van der Waals surface area contributed by atoms with Crippen LogP contribution in [0.15, 0.2) is 0 Å². The second kappa shape index (κ2) is 8.54. The smallest absolute Gasteiger partial charge is 0.223 e. The molecule has 0 atom stereocenters. The van der Waals surface area contributed by atoms with Crippen molar-refractivity contribution < 1.29 is 4.79 Å². The van der Waals surface area contributed by atoms with Gasteiger partial charge in [0.1, 0.15) is 0 Å². The van der Waals surface area contributed by atoms with Crippen molar-refractivity contribution in [3.63, 3.8) is 0 Å². The molecule has 0 unspecified atom stereocenters. The highest BCUT2D eigenvalue weighted by atomic mass is 16.1. The van der Waals surface area contributed by atoms with Crippen molar-refractivity contribution >= 4 is 5.91 Å². The van der Waals surface area contributed by atoms with Gasteiger partial charge in [-0.3, -0.25) is 4.79 Å². The van der Waals surface area contributed by atoms with Crippen LogP contribution in [0, 0.1) is 11.8 Å². The minimum atomic E-state index is 0.310. The van der Waals surface area contributed by atoms with Crippen molar-refractivity contribution in [2.75, 3.05) is 6.54 Å². The van der Waals surface area contributed by atoms with Crippen LogP contribution in [-0.2, 0) is 4.79 Å². The number of carbonyl (C=O) groups excluding carboxylic acids is 1. The first kappa shape index (κ1) is 14.5. The SMILES string of the molecule is CC(C)CCCCCCNC(=O)C1CCCC1. The maximum absolute atomic E-state index is 11.7. The van der Waals surface area contributed by atoms with E-state index < -0.39 is 0 Å². The lowest BCUT2D eigenvalue weighted by atomic mass is 10.0. The van der Waals surface area contributed by atoms with Crippen LogP contribution in [0.4, 0.5) is 0 Å². The van der Waals surface area contributed by atoms with E-state index in [9.17, 15) is 4.79 Å². The lowest BCUT2D eigenvalue weighted by Crippen LogP contribution is -2.30. The number of hydrogen-bond donors (Lipinski definition) is 1. The number of amides is 1. The summed E-state index contributed by atoms with van der Waals surface area (Å²) in [5.74, 6) is 1.47. The van der Waals surface area contributed by atoms with Crippen LogP contribution >= 0.6 is 0 Å². The number of unbranched alkanes of at least 4 members (excludes halogenated alkanes) is 3. The van der Waals surface area contributed by atoms with Gasteiger partial charge in [0.05, 0.1) is 0 Å². The molecule has 0 aliphatic heterocycles. The lowest BCUT2D eigenvalue weighted by molar-refractivity contribution is -0.124. The zero-order valence-corrected chi connectivity index (χ0v) is 11.6. The van der Waals surface area contributed by atoms with E-state index in [4.69, 9.17) is 0 Å². The summed E-state index contributed by atoms with van der Waals surface area (Å²) in [4.78, 5) is 11.7. The third-order valence-corrected chi connectivity index (χ3v) is 3.73. The van der Waals surface area contributed by atoms with Gasteiger partial charge in [0.2, 0.25) is 5.91 Å². The molecule has 17 heavy (non-hydrogen) atoms. The van der Waals surface area contributed by atoms with Gasteiger partial charge in [-0.2, -0.15) is 0 Å². The number of rotatable bonds is 8. The molecule has 100 valence electrons. The molecule has 0 aromatic carbocycles. The first-order valence-electron chi connectivity index (χ1n) is 7.48. The summed E-state index contributed by atoms with van der Waals surface area (Å²) in [6, 6.07) is 0. The fourth-order valence-electron chi connectivity index (χ4n) is 2.58. The molecule has 0 aromatic heterocycles. The molecule has 0 saturated heterocycles. The van der Waals surface area contributed by atoms with Crippen LogP contribution < -0.4 is 5.32 Å². The molecular weight excluding hydrogens is 210 g/mol. The number of hydrogen-bond acceptors (Lipinski definition) is 1. The number of nitrogens with one attached hydrogen (secondary N) is 1. The van der Waals surface area contributed by atoms with Crippen LogP contribution in [0.3, 0.4) is 0 Å². The minimum Gasteiger partial charge on any atom is -0.356 e. The minimum absolute atomic E-state index is 0.310. The lowest BCUT2D eigenvalue weighted by Gasteiger charge is -2.10. The third-order valence-electron chi connectivity index (χ3n) is 3.73. The van der Waals surface area contributed by atoms with Gasteiger partial charge in [-0.15, -0.1) is 0 Å². The monoisotopic (exact) mass is 239 g/mol. The van der Waals surface area contributed by atoms with Crippen LogP contribution in [0.5, 0.6) is 0 Å². The highest BCUT2D eigenvalue weighted by Crippen LogP contribution is 2.24. The van der Waals surface area contributed by atoms with Gasteiger partial charge in [-0.05, 0) is 25.2 Å². The van der Waals surface area contributed by atoms with E-state index in [2.05, 4.69) is 19.2 Å². The molecule has 1 aliphatic rings. The van der Waals surface area contributed by atoms with Crippen LogP contribution in [0.2, 0.25) is 0 Å². The summed E-state index contributed by atoms with van der Waals surface area (Å²) in [5, 5.41) is 3.09. The summed E-state index contributed by atoms with van der Waals surface area (Å²) in [7, 11) is 0. The molecular formula is C15H29NO. The average molecular weight is 239 g/mol. The summed E-state index contributed by atoms with van der Waals surface area (Å²) in [6.45, 7) is 5.45. The van der Waals surface area contributed by atoms with Crippen molar-refractivity contribution in [3.8, 4) is 0 Å². The van der Waals surface area contributed by atoms with Crippen LogP contribution in [0.25, 0.3) is 0 Å². The Balaban J connectivity index is 1.88. The van der Waals surface area contributed by atoms with Crippen molar-refractivity contribution in [2.24, 2.45) is 11.8 Å². The van der Waals surface area contributed by atoms with Gasteiger partial charge in [0, 0.05) is 12.5 Å². The summed E-state index contributed by atoms with van der Waals surface area (Å²) in [5.41, 5.74) is 0. The van der Waals surface area contributed by atoms with E-state index in [1.54, 1.807) is 0 Å². The van der Waals surface area contributed by atoms with Crippen molar-refractivity contribution in [1.29, 1.82) is 0 Å². The fraction of sp³-hybridized carbons (Fsp3) is 0.933. The first-order valence-corrected chi connectivity index (χ1v) is 7.48. The van der Waals surface area contributed by atoms with E-state index >= 15 is 0 Å². The number of carbonyl (C=O) groups is 1. The zero-order valence-electron chi connectivity index (χ0n) is 11.6. The second-order valence-electron chi connectivity index (χ2n) is 5.87. The molecule has 2 heteroatoms. The standard InChI is InChI=1S/C15H29NO/c1-13(2)9-5-3-4-8-12-16-15(17)14-10-6-7-11-14/h13-14H,3-12H2,1-2H3,(H,16,17). The molecule has 2 nitrogen and oxygen atoms in total. The normalized spacial score (nSPS) is 16.6. The highest BCUT2D eigenvalue weighted by Gasteiger charge is 2.21. The average Bonchev–Trinajstić information content (AvgIpc) is 2.80. The Hall–Kier alpha value is -0.530. The summed E-state index contributed by atoms with van der Waals surface area (Å²) < 4.78 is 0. The van der Waals surface area contributed by atoms with Gasteiger partial charge in [-0.25, -0.2) is 0 Å². The molecule has 1 saturated carbocycles. The van der Waals surface area contributed by atoms with Gasteiger partial charge >= 0.3 is 0 Å². The molecule has 0 radical (unpaired) electrons. The zero-order chi connectivity index (χ0) is 12.5. The molecule has 0 heterocycles. The van der Waals surface area contributed by atoms with Crippen LogP contribution in [-0.4, -0.2) is 12.5 Å². The Morgan fingerprint density at radius 2 is 1.76 bits per heavy atom. The van der Waals surface area contributed by atoms with E-state index in [1.165, 1.54) is 38.5 Å². The summed E-state index contributed by atoms with van der Waals surface area (Å²) in [6.07, 6.45) is 11.1. The molecule has 1 N–H and O–H groups in total. The highest BCUT2D eigenvalue weighted by molar-refractivity contribution is 5.78. The topological polar surface area (TPSA) is 29.1 Å². The van der Waals surface area contributed by atoms with Gasteiger partial charge < -0.3 is 5.32 Å². The predicted molar refractivity (Wildman–Crippen MR) is 72.9 cm³/mol. The summed E-state index contributed by atoms with van der Waals surface area (Å²) >= 11 is 0. The van der Waals surface area contributed by atoms with Crippen molar-refractivity contribution in [3.05, 3.63) is 0 Å². The maximum Gasteiger partial charge on any atom is 0.223 e. The molecule has 1 amide bonds. The van der Waals surface area contributed by atoms with Gasteiger partial charge in [-0.1, -0.05) is 52.4 Å². The maximum atomic E-state index is 11.7. The third kappa shape index (κ3) is 6.70. The molecule has 1 rings (SSSR count). The Morgan fingerprint density at radius 1 is 1.12 bits per heavy atom. The van der Waals surface area contributed by atoms with Crippen molar-refractivity contribution in [1.82, 2.24) is 5.32 Å². The Kier molecular flexibility index (Phi) is 7.30. The quantitative estimate of drug-likeness (QED) is 0.639. The fourth-order valence-corrected chi connectivity index (χ4v) is 2.58. The Bertz CT molecular complexity index is 207. The van der Waals surface area contributed by atoms with E-state index in [1.807, 2.05) is 0 Å². The molecule has 1 fully saturated rings. The first-order chi connectivity index (χ1) is 8.20. The van der Waals surface area contributed by atoms with Gasteiger partial charge in [0.25, 0.3) is 0 Å². The van der Waals surface area contributed by atoms with Crippen LogP contribution in [0.1, 0.15) is 71.6 Å². The second-order valence-corrected chi connectivity index (χ2v) is 5.87. The Labute approximate surface area is 107 Å². The van der Waals surface area contributed by atoms with E-state index in [0.29, 0.717) is 11.8 Å². The van der Waals surface area contributed by atoms with Crippen molar-refractivity contribution in [2.45, 2.75) is 71.6 Å². The van der Waals surface area contributed by atoms with Gasteiger partial charge in [0.15, 0.2) is 0 Å². The largest absolute Gasteiger partial charge is 0.356 e. The molecule has 0 bridgehead atoms. The van der Waals surface area contributed by atoms with E-state index in [-0.39, 0.29) is 0 Å². The molecule has 0 aromatic rings. The van der Waals surface area contributed by atoms with E-state index in [0.717, 1.165) is 31.7 Å². The molecule has 0 spiro atoms. The molecule has 1 aliphatic carbocycles.